The van der Waals surface area contributed by atoms with Gasteiger partial charge < -0.3 is 19.8 Å². The lowest BCUT2D eigenvalue weighted by molar-refractivity contribution is -0.0104. The number of ether oxygens (including phenoxy) is 1. The number of piperidine rings is 1. The predicted octanol–water partition coefficient (Wildman–Crippen LogP) is 0.0881. The number of methoxy groups -OCH3 is 1. The Morgan fingerprint density at radius 2 is 2.07 bits per heavy atom. The molecule has 1 fully saturated rings. The summed E-state index contributed by atoms with van der Waals surface area (Å²) in [6.07, 6.45) is 2.55. The van der Waals surface area contributed by atoms with E-state index in [2.05, 4.69) is 4.90 Å². The van der Waals surface area contributed by atoms with Crippen molar-refractivity contribution in [2.24, 2.45) is 5.41 Å². The zero-order valence-electron chi connectivity index (χ0n) is 9.78. The third-order valence-electron chi connectivity index (χ3n) is 3.16. The lowest BCUT2D eigenvalue weighted by atomic mass is 9.91. The fraction of sp³-hybridized carbons (Fsp3) is 1.00. The quantitative estimate of drug-likeness (QED) is 0.685. The largest absolute Gasteiger partial charge is 0.396 e. The summed E-state index contributed by atoms with van der Waals surface area (Å²) >= 11 is 0. The maximum Gasteiger partial charge on any atom is 0.0698 e. The summed E-state index contributed by atoms with van der Waals surface area (Å²) in [6.45, 7) is 4.64. The zero-order chi connectivity index (χ0) is 11.3. The van der Waals surface area contributed by atoms with Gasteiger partial charge in [-0.2, -0.15) is 0 Å². The molecule has 90 valence electrons. The van der Waals surface area contributed by atoms with Gasteiger partial charge in [-0.1, -0.05) is 6.92 Å². The molecule has 4 nitrogen and oxygen atoms in total. The minimum Gasteiger partial charge on any atom is -0.396 e. The molecule has 15 heavy (non-hydrogen) atoms. The first kappa shape index (κ1) is 12.9. The van der Waals surface area contributed by atoms with Crippen molar-refractivity contribution in [1.82, 2.24) is 4.90 Å². The summed E-state index contributed by atoms with van der Waals surface area (Å²) < 4.78 is 5.34. The van der Waals surface area contributed by atoms with Gasteiger partial charge in [-0.15, -0.1) is 0 Å². The van der Waals surface area contributed by atoms with Crippen LogP contribution in [0.25, 0.3) is 0 Å². The molecule has 1 heterocycles. The van der Waals surface area contributed by atoms with E-state index >= 15 is 0 Å². The third-order valence-corrected chi connectivity index (χ3v) is 3.16. The molecule has 1 aliphatic rings. The Morgan fingerprint density at radius 1 is 1.40 bits per heavy atom. The van der Waals surface area contributed by atoms with Gasteiger partial charge >= 0.3 is 0 Å². The van der Waals surface area contributed by atoms with Gasteiger partial charge in [0.25, 0.3) is 0 Å². The molecule has 1 atom stereocenters. The summed E-state index contributed by atoms with van der Waals surface area (Å²) in [5, 5.41) is 18.4. The van der Waals surface area contributed by atoms with Crippen LogP contribution in [0.5, 0.6) is 0 Å². The second-order valence-electron chi connectivity index (χ2n) is 4.86. The number of aliphatic hydroxyl groups is 2. The highest BCUT2D eigenvalue weighted by Crippen LogP contribution is 2.20. The topological polar surface area (TPSA) is 52.9 Å². The number of hydrogen-bond acceptors (Lipinski definition) is 4. The standard InChI is InChI=1S/C11H23NO3/c1-11(8-13,9-14)7-12-5-3-4-10(6-12)15-2/h10,13-14H,3-9H2,1-2H3. The number of hydrogen-bond donors (Lipinski definition) is 2. The van der Waals surface area contributed by atoms with Crippen molar-refractivity contribution >= 4 is 0 Å². The summed E-state index contributed by atoms with van der Waals surface area (Å²) in [5.74, 6) is 0. The molecule has 0 bridgehead atoms. The van der Waals surface area contributed by atoms with Crippen LogP contribution in [0, 0.1) is 5.41 Å². The van der Waals surface area contributed by atoms with E-state index in [9.17, 15) is 10.2 Å². The monoisotopic (exact) mass is 217 g/mol. The van der Waals surface area contributed by atoms with Gasteiger partial charge in [0.2, 0.25) is 0 Å². The van der Waals surface area contributed by atoms with Crippen LogP contribution in [0.2, 0.25) is 0 Å². The van der Waals surface area contributed by atoms with Gasteiger partial charge in [-0.3, -0.25) is 0 Å². The second kappa shape index (κ2) is 5.80. The molecule has 0 saturated carbocycles. The number of rotatable bonds is 5. The fourth-order valence-electron chi connectivity index (χ4n) is 2.04. The molecule has 1 unspecified atom stereocenters. The van der Waals surface area contributed by atoms with Crippen LogP contribution in [-0.2, 0) is 4.74 Å². The van der Waals surface area contributed by atoms with Crippen LogP contribution in [0.15, 0.2) is 0 Å². The van der Waals surface area contributed by atoms with Gasteiger partial charge in [0, 0.05) is 25.6 Å². The summed E-state index contributed by atoms with van der Waals surface area (Å²) in [7, 11) is 1.74. The average Bonchev–Trinajstić information content (AvgIpc) is 2.29. The van der Waals surface area contributed by atoms with Gasteiger partial charge in [0.15, 0.2) is 0 Å². The number of likely N-dealkylation sites (tertiary alicyclic amines) is 1. The number of aliphatic hydroxyl groups excluding tert-OH is 2. The van der Waals surface area contributed by atoms with E-state index in [0.29, 0.717) is 6.10 Å². The number of nitrogens with zero attached hydrogens (tertiary/aromatic N) is 1. The summed E-state index contributed by atoms with van der Waals surface area (Å²) in [4.78, 5) is 2.27. The van der Waals surface area contributed by atoms with Crippen LogP contribution < -0.4 is 0 Å². The Balaban J connectivity index is 2.43. The van der Waals surface area contributed by atoms with E-state index in [0.717, 1.165) is 32.5 Å². The summed E-state index contributed by atoms with van der Waals surface area (Å²) in [6, 6.07) is 0. The van der Waals surface area contributed by atoms with E-state index in [1.807, 2.05) is 6.92 Å². The molecule has 0 aromatic carbocycles. The molecule has 2 N–H and O–H groups in total. The molecule has 0 amide bonds. The van der Waals surface area contributed by atoms with Crippen molar-refractivity contribution in [3.8, 4) is 0 Å². The average molecular weight is 217 g/mol. The Kier molecular flexibility index (Phi) is 4.99. The van der Waals surface area contributed by atoms with Crippen molar-refractivity contribution in [3.63, 3.8) is 0 Å². The molecule has 1 aliphatic heterocycles. The van der Waals surface area contributed by atoms with Crippen molar-refractivity contribution in [2.75, 3.05) is 40.0 Å². The molecule has 1 saturated heterocycles. The van der Waals surface area contributed by atoms with Gasteiger partial charge in [0.05, 0.1) is 19.3 Å². The maximum absolute atomic E-state index is 9.22. The van der Waals surface area contributed by atoms with Crippen LogP contribution in [0.3, 0.4) is 0 Å². The molecular formula is C11H23NO3. The Hall–Kier alpha value is -0.160. The van der Waals surface area contributed by atoms with Gasteiger partial charge in [-0.25, -0.2) is 0 Å². The second-order valence-corrected chi connectivity index (χ2v) is 4.86. The zero-order valence-corrected chi connectivity index (χ0v) is 9.78. The van der Waals surface area contributed by atoms with Crippen molar-refractivity contribution in [1.29, 1.82) is 0 Å². The highest BCUT2D eigenvalue weighted by Gasteiger charge is 2.28. The Bertz CT molecular complexity index is 183. The van der Waals surface area contributed by atoms with Crippen molar-refractivity contribution < 1.29 is 14.9 Å². The highest BCUT2D eigenvalue weighted by molar-refractivity contribution is 4.81. The summed E-state index contributed by atoms with van der Waals surface area (Å²) in [5.41, 5.74) is -0.393. The SMILES string of the molecule is COC1CCCN(CC(C)(CO)CO)C1. The normalized spacial score (nSPS) is 24.4. The minimum atomic E-state index is -0.393. The van der Waals surface area contributed by atoms with Crippen molar-refractivity contribution in [3.05, 3.63) is 0 Å². The lowest BCUT2D eigenvalue weighted by Gasteiger charge is -2.37. The first-order valence-corrected chi connectivity index (χ1v) is 5.60. The van der Waals surface area contributed by atoms with Gasteiger partial charge in [-0.05, 0) is 19.4 Å². The first-order valence-electron chi connectivity index (χ1n) is 5.60. The molecule has 0 aromatic heterocycles. The van der Waals surface area contributed by atoms with E-state index < -0.39 is 5.41 Å². The minimum absolute atomic E-state index is 0.0254. The van der Waals surface area contributed by atoms with Crippen LogP contribution in [0.1, 0.15) is 19.8 Å². The smallest absolute Gasteiger partial charge is 0.0698 e. The first-order chi connectivity index (χ1) is 7.13. The van der Waals surface area contributed by atoms with Crippen LogP contribution in [-0.4, -0.2) is 61.2 Å². The van der Waals surface area contributed by atoms with E-state index in [4.69, 9.17) is 4.74 Å². The fourth-order valence-corrected chi connectivity index (χ4v) is 2.04. The maximum atomic E-state index is 9.22. The molecule has 1 rings (SSSR count). The van der Waals surface area contributed by atoms with Gasteiger partial charge in [0.1, 0.15) is 0 Å². The third kappa shape index (κ3) is 3.72. The van der Waals surface area contributed by atoms with Crippen LogP contribution in [0.4, 0.5) is 0 Å². The van der Waals surface area contributed by atoms with Crippen molar-refractivity contribution in [2.45, 2.75) is 25.9 Å². The van der Waals surface area contributed by atoms with E-state index in [-0.39, 0.29) is 13.2 Å². The molecule has 0 spiro atoms. The molecule has 0 aromatic rings. The molecule has 0 aliphatic carbocycles. The van der Waals surface area contributed by atoms with Crippen LogP contribution >= 0.6 is 0 Å². The highest BCUT2D eigenvalue weighted by atomic mass is 16.5. The van der Waals surface area contributed by atoms with E-state index in [1.54, 1.807) is 7.11 Å². The Labute approximate surface area is 91.8 Å². The van der Waals surface area contributed by atoms with E-state index in [1.165, 1.54) is 0 Å². The molecule has 0 radical (unpaired) electrons. The Morgan fingerprint density at radius 3 is 2.60 bits per heavy atom. The predicted molar refractivity (Wildman–Crippen MR) is 58.7 cm³/mol. The molecule has 4 heteroatoms. The molecular weight excluding hydrogens is 194 g/mol. The lowest BCUT2D eigenvalue weighted by Crippen LogP contribution is -2.46.